The van der Waals surface area contributed by atoms with E-state index in [4.69, 9.17) is 0 Å². The number of hydrogen-bond donors (Lipinski definition) is 1. The van der Waals surface area contributed by atoms with Crippen molar-refractivity contribution in [2.75, 3.05) is 31.1 Å². The number of anilines is 1. The molecule has 0 unspecified atom stereocenters. The number of hydrogen-bond acceptors (Lipinski definition) is 4. The maximum absolute atomic E-state index is 13.2. The molecule has 3 aromatic rings. The van der Waals surface area contributed by atoms with E-state index in [1.165, 1.54) is 17.0 Å². The van der Waals surface area contributed by atoms with Gasteiger partial charge in [0.15, 0.2) is 0 Å². The van der Waals surface area contributed by atoms with Gasteiger partial charge in [-0.05, 0) is 61.8 Å². The molecule has 32 heavy (non-hydrogen) atoms. The Morgan fingerprint density at radius 2 is 1.75 bits per heavy atom. The van der Waals surface area contributed by atoms with Crippen LogP contribution < -0.4 is 4.90 Å². The van der Waals surface area contributed by atoms with E-state index in [9.17, 15) is 14.9 Å². The molecule has 2 aliphatic heterocycles. The van der Waals surface area contributed by atoms with Crippen LogP contribution in [-0.2, 0) is 0 Å². The number of nitrogens with zero attached hydrogens (tertiary/aromatic N) is 3. The second kappa shape index (κ2) is 8.65. The molecular formula is C25H28N4O3. The quantitative estimate of drug-likeness (QED) is 0.460. The van der Waals surface area contributed by atoms with Gasteiger partial charge in [-0.2, -0.15) is 0 Å². The topological polar surface area (TPSA) is 82.5 Å². The number of nitrogens with one attached hydrogen (secondary N) is 1. The van der Waals surface area contributed by atoms with E-state index in [-0.39, 0.29) is 16.5 Å². The van der Waals surface area contributed by atoms with Gasteiger partial charge in [-0.1, -0.05) is 18.2 Å². The van der Waals surface area contributed by atoms with Crippen molar-refractivity contribution < 1.29 is 9.72 Å². The number of para-hydroxylation sites is 1. The third kappa shape index (κ3) is 3.83. The molecule has 2 fully saturated rings. The minimum Gasteiger partial charge on any atom is -0.366 e. The average molecular weight is 433 g/mol. The smallest absolute Gasteiger partial charge is 0.293 e. The molecule has 2 aliphatic rings. The molecule has 0 saturated carbocycles. The van der Waals surface area contributed by atoms with Crippen LogP contribution in [0.1, 0.15) is 53.9 Å². The van der Waals surface area contributed by atoms with Crippen molar-refractivity contribution in [3.63, 3.8) is 0 Å². The Bertz CT molecular complexity index is 1140. The summed E-state index contributed by atoms with van der Waals surface area (Å²) in [6.45, 7) is 2.97. The van der Waals surface area contributed by atoms with Crippen LogP contribution in [0, 0.1) is 10.1 Å². The predicted octanol–water partition coefficient (Wildman–Crippen LogP) is 5.09. The first-order valence-corrected chi connectivity index (χ1v) is 11.5. The number of amides is 1. The fourth-order valence-electron chi connectivity index (χ4n) is 5.21. The van der Waals surface area contributed by atoms with Crippen molar-refractivity contribution >= 4 is 28.2 Å². The van der Waals surface area contributed by atoms with Gasteiger partial charge >= 0.3 is 0 Å². The maximum atomic E-state index is 13.2. The zero-order valence-corrected chi connectivity index (χ0v) is 18.1. The van der Waals surface area contributed by atoms with E-state index < -0.39 is 0 Å². The van der Waals surface area contributed by atoms with Crippen molar-refractivity contribution in [1.82, 2.24) is 9.88 Å². The largest absolute Gasteiger partial charge is 0.366 e. The molecule has 3 heterocycles. The van der Waals surface area contributed by atoms with Crippen LogP contribution in [0.15, 0.2) is 48.7 Å². The van der Waals surface area contributed by atoms with Gasteiger partial charge in [0.2, 0.25) is 0 Å². The number of piperidine rings is 2. The number of nitro benzene ring substituents is 1. The highest BCUT2D eigenvalue weighted by Crippen LogP contribution is 2.35. The number of rotatable bonds is 4. The van der Waals surface area contributed by atoms with Gasteiger partial charge in [-0.15, -0.1) is 0 Å². The second-order valence-corrected chi connectivity index (χ2v) is 8.86. The first kappa shape index (κ1) is 20.5. The number of carbonyl (C=O) groups excluding carboxylic acids is 1. The normalized spacial score (nSPS) is 17.6. The third-order valence-electron chi connectivity index (χ3n) is 6.96. The number of fused-ring (bicyclic) bond motifs is 1. The molecule has 0 atom stereocenters. The van der Waals surface area contributed by atoms with Crippen LogP contribution in [0.25, 0.3) is 10.9 Å². The number of nitro groups is 1. The molecule has 0 bridgehead atoms. The summed E-state index contributed by atoms with van der Waals surface area (Å²) in [5.74, 6) is 0.293. The molecule has 166 valence electrons. The highest BCUT2D eigenvalue weighted by molar-refractivity contribution is 5.96. The summed E-state index contributed by atoms with van der Waals surface area (Å²) < 4.78 is 0. The molecule has 1 aromatic heterocycles. The van der Waals surface area contributed by atoms with Crippen LogP contribution in [0.3, 0.4) is 0 Å². The Hall–Kier alpha value is -3.35. The lowest BCUT2D eigenvalue weighted by Gasteiger charge is -2.32. The summed E-state index contributed by atoms with van der Waals surface area (Å²) in [7, 11) is 0. The number of aromatic nitrogens is 1. The molecule has 1 N–H and O–H groups in total. The molecule has 0 aliphatic carbocycles. The van der Waals surface area contributed by atoms with Crippen molar-refractivity contribution in [3.8, 4) is 0 Å². The number of carbonyl (C=O) groups is 1. The second-order valence-electron chi connectivity index (χ2n) is 8.86. The van der Waals surface area contributed by atoms with E-state index in [1.54, 1.807) is 12.1 Å². The summed E-state index contributed by atoms with van der Waals surface area (Å²) >= 11 is 0. The van der Waals surface area contributed by atoms with Gasteiger partial charge in [0.05, 0.1) is 4.92 Å². The molecular weight excluding hydrogens is 404 g/mol. The Kier molecular flexibility index (Phi) is 5.55. The number of likely N-dealkylation sites (tertiary alicyclic amines) is 1. The number of aromatic amines is 1. The zero-order valence-electron chi connectivity index (χ0n) is 18.1. The van der Waals surface area contributed by atoms with E-state index in [0.29, 0.717) is 30.3 Å². The minimum atomic E-state index is -0.357. The fraction of sp³-hybridized carbons (Fsp3) is 0.400. The summed E-state index contributed by atoms with van der Waals surface area (Å²) in [6, 6.07) is 13.3. The number of H-pyrrole nitrogens is 1. The van der Waals surface area contributed by atoms with Crippen molar-refractivity contribution in [2.45, 2.75) is 38.0 Å². The summed E-state index contributed by atoms with van der Waals surface area (Å²) in [5.41, 5.74) is 3.52. The Balaban J connectivity index is 1.30. The molecule has 7 nitrogen and oxygen atoms in total. The van der Waals surface area contributed by atoms with Crippen LogP contribution in [0.5, 0.6) is 0 Å². The molecule has 7 heteroatoms. The Morgan fingerprint density at radius 1 is 1.00 bits per heavy atom. The predicted molar refractivity (Wildman–Crippen MR) is 125 cm³/mol. The molecule has 1 amide bonds. The van der Waals surface area contributed by atoms with Gasteiger partial charge in [-0.3, -0.25) is 14.9 Å². The maximum Gasteiger partial charge on any atom is 0.293 e. The standard InChI is InChI=1S/C25H28N4O3/c30-25(19-8-9-23(24(16-19)29(31)32)27-12-4-1-5-13-27)28-14-10-18(11-15-28)21-17-26-22-7-3-2-6-20(21)22/h2-3,6-9,16-18,26H,1,4-5,10-15H2. The van der Waals surface area contributed by atoms with Gasteiger partial charge in [0.1, 0.15) is 5.69 Å². The van der Waals surface area contributed by atoms with Crippen LogP contribution in [-0.4, -0.2) is 46.9 Å². The molecule has 2 saturated heterocycles. The third-order valence-corrected chi connectivity index (χ3v) is 6.96. The van der Waals surface area contributed by atoms with Gasteiger partial charge in [0.25, 0.3) is 11.6 Å². The first-order valence-electron chi connectivity index (χ1n) is 11.5. The first-order chi connectivity index (χ1) is 15.6. The summed E-state index contributed by atoms with van der Waals surface area (Å²) in [4.78, 5) is 31.8. The summed E-state index contributed by atoms with van der Waals surface area (Å²) in [6.07, 6.45) is 7.13. The number of benzene rings is 2. The fourth-order valence-corrected chi connectivity index (χ4v) is 5.21. The Morgan fingerprint density at radius 3 is 2.50 bits per heavy atom. The van der Waals surface area contributed by atoms with Crippen molar-refractivity contribution in [1.29, 1.82) is 0 Å². The highest BCUT2D eigenvalue weighted by Gasteiger charge is 2.28. The summed E-state index contributed by atoms with van der Waals surface area (Å²) in [5, 5.41) is 13.0. The van der Waals surface area contributed by atoms with E-state index in [1.807, 2.05) is 11.0 Å². The van der Waals surface area contributed by atoms with Crippen molar-refractivity contribution in [3.05, 3.63) is 69.9 Å². The lowest BCUT2D eigenvalue weighted by atomic mass is 9.89. The monoisotopic (exact) mass is 432 g/mol. The van der Waals surface area contributed by atoms with E-state index in [2.05, 4.69) is 34.3 Å². The van der Waals surface area contributed by atoms with Crippen LogP contribution >= 0.6 is 0 Å². The molecule has 5 rings (SSSR count). The van der Waals surface area contributed by atoms with Gasteiger partial charge < -0.3 is 14.8 Å². The van der Waals surface area contributed by atoms with Gasteiger partial charge in [0, 0.05) is 54.9 Å². The van der Waals surface area contributed by atoms with Crippen LogP contribution in [0.2, 0.25) is 0 Å². The van der Waals surface area contributed by atoms with E-state index in [0.717, 1.165) is 50.7 Å². The van der Waals surface area contributed by atoms with Gasteiger partial charge in [-0.25, -0.2) is 0 Å². The highest BCUT2D eigenvalue weighted by atomic mass is 16.6. The molecule has 2 aromatic carbocycles. The minimum absolute atomic E-state index is 0.0337. The van der Waals surface area contributed by atoms with Crippen LogP contribution in [0.4, 0.5) is 11.4 Å². The Labute approximate surface area is 187 Å². The van der Waals surface area contributed by atoms with Crippen molar-refractivity contribution in [2.24, 2.45) is 0 Å². The van der Waals surface area contributed by atoms with E-state index >= 15 is 0 Å². The zero-order chi connectivity index (χ0) is 22.1. The lowest BCUT2D eigenvalue weighted by molar-refractivity contribution is -0.384. The average Bonchev–Trinajstić information content (AvgIpc) is 3.28. The SMILES string of the molecule is O=C(c1ccc(N2CCCCC2)c([N+](=O)[O-])c1)N1CCC(c2c[nH]c3ccccc23)CC1. The molecule has 0 radical (unpaired) electrons. The molecule has 0 spiro atoms. The lowest BCUT2D eigenvalue weighted by Crippen LogP contribution is -2.38.